The molecule has 0 N–H and O–H groups in total. The first-order valence-electron chi connectivity index (χ1n) is 7.17. The highest BCUT2D eigenvalue weighted by molar-refractivity contribution is 7.98. The van der Waals surface area contributed by atoms with Crippen molar-refractivity contribution in [1.82, 2.24) is 19.7 Å². The van der Waals surface area contributed by atoms with Gasteiger partial charge in [0, 0.05) is 7.05 Å². The zero-order valence-corrected chi connectivity index (χ0v) is 14.3. The molecule has 0 aliphatic carbocycles. The molecule has 0 saturated heterocycles. The second-order valence-corrected chi connectivity index (χ2v) is 6.92. The number of thiophene rings is 1. The molecule has 24 heavy (non-hydrogen) atoms. The fraction of sp³-hybridized carbons (Fsp3) is 0.125. The number of aromatic nitrogens is 4. The lowest BCUT2D eigenvalue weighted by molar-refractivity contribution is 0.466. The molecular formula is C16H12N4O2S2. The number of hydrogen-bond donors (Lipinski definition) is 0. The summed E-state index contributed by atoms with van der Waals surface area (Å²) in [6.07, 6.45) is 0. The molecule has 0 unspecified atom stereocenters. The average molecular weight is 356 g/mol. The van der Waals surface area contributed by atoms with E-state index in [-0.39, 0.29) is 5.56 Å². The highest BCUT2D eigenvalue weighted by Crippen LogP contribution is 2.27. The van der Waals surface area contributed by atoms with Gasteiger partial charge in [-0.25, -0.2) is 4.98 Å². The molecule has 0 saturated carbocycles. The van der Waals surface area contributed by atoms with E-state index in [1.165, 1.54) is 11.8 Å². The Labute approximate surface area is 145 Å². The van der Waals surface area contributed by atoms with E-state index in [2.05, 4.69) is 15.2 Å². The topological polar surface area (TPSA) is 73.8 Å². The fourth-order valence-corrected chi connectivity index (χ4v) is 3.68. The highest BCUT2D eigenvalue weighted by atomic mass is 32.2. The molecule has 0 amide bonds. The Morgan fingerprint density at radius 1 is 1.21 bits per heavy atom. The largest absolute Gasteiger partial charge is 0.410 e. The molecule has 120 valence electrons. The second-order valence-electron chi connectivity index (χ2n) is 5.05. The molecule has 6 nitrogen and oxygen atoms in total. The van der Waals surface area contributed by atoms with Gasteiger partial charge in [-0.2, -0.15) is 0 Å². The van der Waals surface area contributed by atoms with Gasteiger partial charge in [-0.05, 0) is 23.6 Å². The van der Waals surface area contributed by atoms with Crippen LogP contribution in [0.3, 0.4) is 0 Å². The Bertz CT molecular complexity index is 1050. The number of nitrogens with zero attached hydrogens (tertiary/aromatic N) is 4. The summed E-state index contributed by atoms with van der Waals surface area (Å²) in [4.78, 5) is 17.9. The van der Waals surface area contributed by atoms with Gasteiger partial charge >= 0.3 is 0 Å². The van der Waals surface area contributed by atoms with Gasteiger partial charge in [0.25, 0.3) is 16.7 Å². The summed E-state index contributed by atoms with van der Waals surface area (Å²) >= 11 is 2.91. The number of thioether (sulfide) groups is 1. The predicted molar refractivity (Wildman–Crippen MR) is 94.2 cm³/mol. The van der Waals surface area contributed by atoms with Crippen molar-refractivity contribution in [1.29, 1.82) is 0 Å². The quantitative estimate of drug-likeness (QED) is 0.522. The summed E-state index contributed by atoms with van der Waals surface area (Å²) in [5, 5.41) is 11.1. The lowest BCUT2D eigenvalue weighted by Crippen LogP contribution is -2.21. The summed E-state index contributed by atoms with van der Waals surface area (Å²) in [6.45, 7) is 0. The maximum Gasteiger partial charge on any atom is 0.277 e. The van der Waals surface area contributed by atoms with Crippen LogP contribution in [0.5, 0.6) is 0 Å². The van der Waals surface area contributed by atoms with E-state index in [9.17, 15) is 4.79 Å². The van der Waals surface area contributed by atoms with Gasteiger partial charge in [0.15, 0.2) is 0 Å². The lowest BCUT2D eigenvalue weighted by atomic mass is 10.2. The third-order valence-corrected chi connectivity index (χ3v) is 5.21. The number of rotatable bonds is 4. The van der Waals surface area contributed by atoms with Crippen molar-refractivity contribution in [3.8, 4) is 10.8 Å². The predicted octanol–water partition coefficient (Wildman–Crippen LogP) is 3.34. The Balaban J connectivity index is 1.59. The van der Waals surface area contributed by atoms with E-state index in [1.807, 2.05) is 35.7 Å². The van der Waals surface area contributed by atoms with Crippen LogP contribution in [-0.2, 0) is 12.8 Å². The standard InChI is InChI=1S/C16H12N4O2S2/c1-20-13(17-11-6-3-2-5-10(11)15(20)21)9-24-16-19-18-14(22-16)12-7-4-8-23-12/h2-8H,9H2,1H3. The molecule has 0 bridgehead atoms. The first kappa shape index (κ1) is 15.1. The van der Waals surface area contributed by atoms with Gasteiger partial charge < -0.3 is 4.42 Å². The van der Waals surface area contributed by atoms with Crippen LogP contribution < -0.4 is 5.56 Å². The van der Waals surface area contributed by atoms with Crippen LogP contribution >= 0.6 is 23.1 Å². The van der Waals surface area contributed by atoms with Crippen molar-refractivity contribution in [2.75, 3.05) is 0 Å². The highest BCUT2D eigenvalue weighted by Gasteiger charge is 2.12. The minimum absolute atomic E-state index is 0.0546. The fourth-order valence-electron chi connectivity index (χ4n) is 2.29. The molecule has 0 aliphatic rings. The van der Waals surface area contributed by atoms with E-state index in [4.69, 9.17) is 4.42 Å². The van der Waals surface area contributed by atoms with Crippen molar-refractivity contribution in [2.45, 2.75) is 11.0 Å². The Morgan fingerprint density at radius 2 is 2.08 bits per heavy atom. The van der Waals surface area contributed by atoms with Gasteiger partial charge in [0.2, 0.25) is 0 Å². The van der Waals surface area contributed by atoms with Gasteiger partial charge in [-0.1, -0.05) is 30.0 Å². The smallest absolute Gasteiger partial charge is 0.277 e. The van der Waals surface area contributed by atoms with Crippen LogP contribution in [0.2, 0.25) is 0 Å². The SMILES string of the molecule is Cn1c(CSc2nnc(-c3cccs3)o2)nc2ccccc2c1=O. The normalized spacial score (nSPS) is 11.2. The molecule has 0 spiro atoms. The summed E-state index contributed by atoms with van der Waals surface area (Å²) < 4.78 is 7.20. The van der Waals surface area contributed by atoms with Crippen LogP contribution in [0, 0.1) is 0 Å². The number of hydrogen-bond acceptors (Lipinski definition) is 7. The number of benzene rings is 1. The van der Waals surface area contributed by atoms with E-state index >= 15 is 0 Å². The molecule has 4 aromatic rings. The third kappa shape index (κ3) is 2.74. The molecule has 0 aliphatic heterocycles. The zero-order valence-electron chi connectivity index (χ0n) is 12.7. The first-order valence-corrected chi connectivity index (χ1v) is 9.04. The lowest BCUT2D eigenvalue weighted by Gasteiger charge is -2.07. The van der Waals surface area contributed by atoms with Crippen LogP contribution in [0.1, 0.15) is 5.82 Å². The van der Waals surface area contributed by atoms with Crippen molar-refractivity contribution >= 4 is 34.0 Å². The molecule has 3 heterocycles. The molecule has 3 aromatic heterocycles. The minimum atomic E-state index is -0.0546. The Hall–Kier alpha value is -2.45. The summed E-state index contributed by atoms with van der Waals surface area (Å²) in [7, 11) is 1.72. The van der Waals surface area contributed by atoms with E-state index in [1.54, 1.807) is 29.0 Å². The maximum atomic E-state index is 12.4. The van der Waals surface area contributed by atoms with Gasteiger partial charge in [0.1, 0.15) is 5.82 Å². The van der Waals surface area contributed by atoms with Gasteiger partial charge in [0.05, 0.1) is 21.5 Å². The molecule has 1 aromatic carbocycles. The van der Waals surface area contributed by atoms with Crippen LogP contribution in [-0.4, -0.2) is 19.7 Å². The van der Waals surface area contributed by atoms with Crippen molar-refractivity contribution in [3.63, 3.8) is 0 Å². The third-order valence-electron chi connectivity index (χ3n) is 3.54. The van der Waals surface area contributed by atoms with Crippen molar-refractivity contribution in [2.24, 2.45) is 7.05 Å². The monoisotopic (exact) mass is 356 g/mol. The Morgan fingerprint density at radius 3 is 2.92 bits per heavy atom. The second kappa shape index (κ2) is 6.21. The molecule has 0 fully saturated rings. The van der Waals surface area contributed by atoms with Gasteiger partial charge in [-0.15, -0.1) is 21.5 Å². The molecular weight excluding hydrogens is 344 g/mol. The van der Waals surface area contributed by atoms with E-state index in [0.29, 0.717) is 33.6 Å². The Kier molecular flexibility index (Phi) is 3.91. The summed E-state index contributed by atoms with van der Waals surface area (Å²) in [5.74, 6) is 1.65. The van der Waals surface area contributed by atoms with Crippen LogP contribution in [0.25, 0.3) is 21.7 Å². The zero-order chi connectivity index (χ0) is 16.5. The van der Waals surface area contributed by atoms with Crippen LogP contribution in [0.4, 0.5) is 0 Å². The van der Waals surface area contributed by atoms with Crippen LogP contribution in [0.15, 0.2) is 56.2 Å². The molecule has 0 atom stereocenters. The first-order chi connectivity index (χ1) is 11.7. The van der Waals surface area contributed by atoms with Crippen molar-refractivity contribution in [3.05, 3.63) is 58.0 Å². The van der Waals surface area contributed by atoms with Gasteiger partial charge in [-0.3, -0.25) is 9.36 Å². The molecule has 4 rings (SSSR count). The van der Waals surface area contributed by atoms with Crippen molar-refractivity contribution < 1.29 is 4.42 Å². The maximum absolute atomic E-state index is 12.4. The summed E-state index contributed by atoms with van der Waals surface area (Å²) in [6, 6.07) is 11.2. The van der Waals surface area contributed by atoms with E-state index in [0.717, 1.165) is 4.88 Å². The minimum Gasteiger partial charge on any atom is -0.410 e. The number of fused-ring (bicyclic) bond motifs is 1. The molecule has 0 radical (unpaired) electrons. The number of para-hydroxylation sites is 1. The summed E-state index contributed by atoms with van der Waals surface area (Å²) in [5.41, 5.74) is 0.641. The molecule has 8 heteroatoms. The van der Waals surface area contributed by atoms with E-state index < -0.39 is 0 Å². The average Bonchev–Trinajstić information content (AvgIpc) is 3.28.